The molecule has 2 heteroatoms. The van der Waals surface area contributed by atoms with Crippen molar-refractivity contribution in [3.63, 3.8) is 0 Å². The van der Waals surface area contributed by atoms with Gasteiger partial charge < -0.3 is 4.74 Å². The summed E-state index contributed by atoms with van der Waals surface area (Å²) in [4.78, 5) is 11.1. The second kappa shape index (κ2) is 2.45. The fourth-order valence-corrected chi connectivity index (χ4v) is 1.15. The number of Topliss-reactive ketones (excluding diaryl/α,β-unsaturated/α-hetero) is 1. The molecule has 56 valence electrons. The van der Waals surface area contributed by atoms with Crippen LogP contribution in [0.15, 0.2) is 11.3 Å². The third kappa shape index (κ3) is 0.939. The lowest BCUT2D eigenvalue weighted by atomic mass is 10.1. The van der Waals surface area contributed by atoms with Crippen LogP contribution in [0, 0.1) is 0 Å². The zero-order chi connectivity index (χ0) is 7.72. The van der Waals surface area contributed by atoms with E-state index in [-0.39, 0.29) is 11.9 Å². The highest BCUT2D eigenvalue weighted by Gasteiger charge is 2.26. The molecule has 1 aliphatic heterocycles. The molecule has 1 rings (SSSR count). The second-order valence-corrected chi connectivity index (χ2v) is 2.53. The predicted octanol–water partition coefficient (Wildman–Crippen LogP) is 1.66. The maximum Gasteiger partial charge on any atom is 0.202 e. The number of hydrogen-bond acceptors (Lipinski definition) is 2. The number of ether oxygens (including phenoxy) is 1. The van der Waals surface area contributed by atoms with E-state index in [1.54, 1.807) is 6.92 Å². The van der Waals surface area contributed by atoms with Gasteiger partial charge in [0.1, 0.15) is 5.76 Å². The summed E-state index contributed by atoms with van der Waals surface area (Å²) >= 11 is 0. The zero-order valence-electron chi connectivity index (χ0n) is 6.60. The Kier molecular flexibility index (Phi) is 1.79. The highest BCUT2D eigenvalue weighted by molar-refractivity contribution is 6.00. The Morgan fingerprint density at radius 3 is 2.40 bits per heavy atom. The summed E-state index contributed by atoms with van der Waals surface area (Å²) in [6, 6.07) is 0. The smallest absolute Gasteiger partial charge is 0.202 e. The average Bonchev–Trinajstić information content (AvgIpc) is 2.17. The quantitative estimate of drug-likeness (QED) is 0.553. The summed E-state index contributed by atoms with van der Waals surface area (Å²) in [6.07, 6.45) is 0.581. The summed E-state index contributed by atoms with van der Waals surface area (Å²) in [5.74, 6) is 0.995. The van der Waals surface area contributed by atoms with Crippen LogP contribution < -0.4 is 0 Å². The molecular weight excluding hydrogens is 128 g/mol. The largest absolute Gasteiger partial charge is 0.487 e. The van der Waals surface area contributed by atoms with Crippen molar-refractivity contribution < 1.29 is 9.53 Å². The van der Waals surface area contributed by atoms with Crippen molar-refractivity contribution in [3.8, 4) is 0 Å². The van der Waals surface area contributed by atoms with Crippen LogP contribution in [0.3, 0.4) is 0 Å². The molecule has 2 nitrogen and oxygen atoms in total. The third-order valence-corrected chi connectivity index (χ3v) is 1.80. The van der Waals surface area contributed by atoms with Gasteiger partial charge in [0.15, 0.2) is 6.10 Å². The number of ketones is 1. The third-order valence-electron chi connectivity index (χ3n) is 1.80. The fraction of sp³-hybridized carbons (Fsp3) is 0.625. The SMILES string of the molecule is CCC1=C(C)C(=O)C(C)O1. The topological polar surface area (TPSA) is 26.3 Å². The summed E-state index contributed by atoms with van der Waals surface area (Å²) in [7, 11) is 0. The number of carbonyl (C=O) groups excluding carboxylic acids is 1. The first-order chi connectivity index (χ1) is 4.66. The Hall–Kier alpha value is -0.790. The van der Waals surface area contributed by atoms with Gasteiger partial charge in [-0.2, -0.15) is 0 Å². The molecule has 1 aliphatic rings. The molecule has 0 saturated heterocycles. The number of rotatable bonds is 1. The number of allylic oxidation sites excluding steroid dienone is 1. The molecule has 0 saturated carbocycles. The molecule has 1 atom stereocenters. The Labute approximate surface area is 60.9 Å². The Balaban J connectivity index is 2.83. The normalized spacial score (nSPS) is 25.5. The Bertz CT molecular complexity index is 191. The minimum atomic E-state index is -0.241. The maximum atomic E-state index is 11.1. The zero-order valence-corrected chi connectivity index (χ0v) is 6.60. The van der Waals surface area contributed by atoms with Gasteiger partial charge in [0.2, 0.25) is 5.78 Å². The van der Waals surface area contributed by atoms with Crippen molar-refractivity contribution in [2.75, 3.05) is 0 Å². The lowest BCUT2D eigenvalue weighted by molar-refractivity contribution is -0.120. The first kappa shape index (κ1) is 7.32. The van der Waals surface area contributed by atoms with Gasteiger partial charge in [-0.25, -0.2) is 0 Å². The first-order valence-corrected chi connectivity index (χ1v) is 3.57. The van der Waals surface area contributed by atoms with Crippen LogP contribution >= 0.6 is 0 Å². The fourth-order valence-electron chi connectivity index (χ4n) is 1.15. The van der Waals surface area contributed by atoms with Crippen LogP contribution in [0.25, 0.3) is 0 Å². The molecule has 1 unspecified atom stereocenters. The van der Waals surface area contributed by atoms with Crippen molar-refractivity contribution >= 4 is 5.78 Å². The molecule has 1 heterocycles. The number of hydrogen-bond donors (Lipinski definition) is 0. The van der Waals surface area contributed by atoms with Gasteiger partial charge in [-0.15, -0.1) is 0 Å². The summed E-state index contributed by atoms with van der Waals surface area (Å²) in [5.41, 5.74) is 0.801. The van der Waals surface area contributed by atoms with Gasteiger partial charge >= 0.3 is 0 Å². The van der Waals surface area contributed by atoms with Crippen LogP contribution in [0.2, 0.25) is 0 Å². The molecule has 0 radical (unpaired) electrons. The molecule has 0 N–H and O–H groups in total. The van der Waals surface area contributed by atoms with E-state index in [9.17, 15) is 4.79 Å². The van der Waals surface area contributed by atoms with Gasteiger partial charge in [-0.3, -0.25) is 4.79 Å². The van der Waals surface area contributed by atoms with Gasteiger partial charge in [0, 0.05) is 12.0 Å². The second-order valence-electron chi connectivity index (χ2n) is 2.53. The van der Waals surface area contributed by atoms with E-state index in [1.165, 1.54) is 0 Å². The standard InChI is InChI=1S/C8H12O2/c1-4-7-5(2)8(9)6(3)10-7/h6H,4H2,1-3H3. The van der Waals surface area contributed by atoms with E-state index in [0.29, 0.717) is 0 Å². The van der Waals surface area contributed by atoms with E-state index >= 15 is 0 Å². The van der Waals surface area contributed by atoms with E-state index < -0.39 is 0 Å². The van der Waals surface area contributed by atoms with E-state index in [1.807, 2.05) is 13.8 Å². The lowest BCUT2D eigenvalue weighted by Gasteiger charge is -2.02. The van der Waals surface area contributed by atoms with E-state index in [0.717, 1.165) is 17.8 Å². The number of carbonyl (C=O) groups is 1. The van der Waals surface area contributed by atoms with Crippen molar-refractivity contribution in [1.82, 2.24) is 0 Å². The van der Waals surface area contributed by atoms with Crippen molar-refractivity contribution in [3.05, 3.63) is 11.3 Å². The molecule has 0 fully saturated rings. The Morgan fingerprint density at radius 1 is 1.60 bits per heavy atom. The van der Waals surface area contributed by atoms with Crippen LogP contribution in [0.4, 0.5) is 0 Å². The molecule has 0 aromatic heterocycles. The van der Waals surface area contributed by atoms with Gasteiger partial charge in [-0.1, -0.05) is 6.92 Å². The maximum absolute atomic E-state index is 11.1. The summed E-state index contributed by atoms with van der Waals surface area (Å²) < 4.78 is 5.27. The van der Waals surface area contributed by atoms with Crippen LogP contribution in [0.1, 0.15) is 27.2 Å². The molecule has 10 heavy (non-hydrogen) atoms. The molecule has 0 aromatic rings. The summed E-state index contributed by atoms with van der Waals surface area (Å²) in [6.45, 7) is 5.60. The van der Waals surface area contributed by atoms with Crippen LogP contribution in [-0.4, -0.2) is 11.9 Å². The van der Waals surface area contributed by atoms with Crippen molar-refractivity contribution in [2.24, 2.45) is 0 Å². The van der Waals surface area contributed by atoms with Crippen molar-refractivity contribution in [1.29, 1.82) is 0 Å². The van der Waals surface area contributed by atoms with Gasteiger partial charge in [-0.05, 0) is 13.8 Å². The van der Waals surface area contributed by atoms with E-state index in [4.69, 9.17) is 4.74 Å². The van der Waals surface area contributed by atoms with Crippen molar-refractivity contribution in [2.45, 2.75) is 33.3 Å². The van der Waals surface area contributed by atoms with E-state index in [2.05, 4.69) is 0 Å². The Morgan fingerprint density at radius 2 is 2.20 bits per heavy atom. The molecular formula is C8H12O2. The van der Waals surface area contributed by atoms with Gasteiger partial charge in [0.25, 0.3) is 0 Å². The molecule has 0 amide bonds. The minimum Gasteiger partial charge on any atom is -0.487 e. The average molecular weight is 140 g/mol. The highest BCUT2D eigenvalue weighted by atomic mass is 16.5. The lowest BCUT2D eigenvalue weighted by Crippen LogP contribution is -2.12. The molecule has 0 aliphatic carbocycles. The highest BCUT2D eigenvalue weighted by Crippen LogP contribution is 2.22. The first-order valence-electron chi connectivity index (χ1n) is 3.57. The van der Waals surface area contributed by atoms with Crippen LogP contribution in [0.5, 0.6) is 0 Å². The summed E-state index contributed by atoms with van der Waals surface area (Å²) in [5, 5.41) is 0. The predicted molar refractivity (Wildman–Crippen MR) is 38.5 cm³/mol. The minimum absolute atomic E-state index is 0.136. The van der Waals surface area contributed by atoms with Gasteiger partial charge in [0.05, 0.1) is 0 Å². The monoisotopic (exact) mass is 140 g/mol. The molecule has 0 bridgehead atoms. The molecule has 0 aromatic carbocycles. The van der Waals surface area contributed by atoms with Crippen LogP contribution in [-0.2, 0) is 9.53 Å². The molecule has 0 spiro atoms.